The third-order valence-electron chi connectivity index (χ3n) is 6.60. The maximum absolute atomic E-state index is 13.5. The number of primary amides is 1. The fourth-order valence-electron chi connectivity index (χ4n) is 4.75. The summed E-state index contributed by atoms with van der Waals surface area (Å²) >= 11 is 0. The lowest BCUT2D eigenvalue weighted by Crippen LogP contribution is -2.50. The number of amides is 2. The van der Waals surface area contributed by atoms with Crippen molar-refractivity contribution in [2.45, 2.75) is 19.8 Å². The van der Waals surface area contributed by atoms with Crippen LogP contribution in [0.3, 0.4) is 0 Å². The fourth-order valence-corrected chi connectivity index (χ4v) is 4.75. The molecule has 3 N–H and O–H groups in total. The van der Waals surface area contributed by atoms with Crippen LogP contribution in [0.4, 0.5) is 0 Å². The van der Waals surface area contributed by atoms with E-state index in [1.165, 1.54) is 5.39 Å². The number of carbonyl (C=O) groups excluding carboxylic acids is 2. The van der Waals surface area contributed by atoms with Crippen LogP contribution in [0, 0.1) is 5.41 Å². The number of hydrogen-bond acceptors (Lipinski definition) is 2. The first-order valence-electron chi connectivity index (χ1n) is 10.6. The first kappa shape index (κ1) is 19.4. The van der Waals surface area contributed by atoms with Gasteiger partial charge >= 0.3 is 0 Å². The number of benzene rings is 3. The number of carbonyl (C=O) groups is 2. The lowest BCUT2D eigenvalue weighted by Gasteiger charge is -2.38. The summed E-state index contributed by atoms with van der Waals surface area (Å²) in [6.07, 6.45) is 3.43. The fraction of sp³-hybridized carbons (Fsp3) is 0.231. The van der Waals surface area contributed by atoms with Gasteiger partial charge in [-0.25, -0.2) is 0 Å². The Hall–Kier alpha value is -3.60. The number of piperidine rings is 1. The first-order chi connectivity index (χ1) is 15.0. The van der Waals surface area contributed by atoms with E-state index in [0.29, 0.717) is 25.1 Å². The van der Waals surface area contributed by atoms with Crippen molar-refractivity contribution in [3.8, 4) is 11.1 Å². The van der Waals surface area contributed by atoms with E-state index in [-0.39, 0.29) is 11.8 Å². The number of aromatic amines is 1. The van der Waals surface area contributed by atoms with Crippen LogP contribution in [0.1, 0.15) is 30.1 Å². The summed E-state index contributed by atoms with van der Waals surface area (Å²) in [6, 6.07) is 20.4. The standard InChI is InChI=1S/C26H25N3O2/c1-26(25(27)31)12-4-14-29(16-26)24(30)22-8-3-6-20-19(5-2-7-21(20)22)18-10-9-17-11-13-28-23(17)15-18/h2-3,5-11,13,15,28H,4,12,14,16H2,1H3,(H2,27,31). The zero-order valence-corrected chi connectivity index (χ0v) is 17.5. The van der Waals surface area contributed by atoms with Crippen molar-refractivity contribution in [3.05, 3.63) is 72.4 Å². The molecule has 2 amide bonds. The van der Waals surface area contributed by atoms with Crippen LogP contribution in [0.15, 0.2) is 66.9 Å². The highest BCUT2D eigenvalue weighted by Crippen LogP contribution is 2.34. The molecule has 4 aromatic rings. The molecule has 31 heavy (non-hydrogen) atoms. The van der Waals surface area contributed by atoms with E-state index in [9.17, 15) is 9.59 Å². The van der Waals surface area contributed by atoms with Gasteiger partial charge in [0, 0.05) is 30.4 Å². The number of likely N-dealkylation sites (tertiary alicyclic amines) is 1. The van der Waals surface area contributed by atoms with Crippen molar-refractivity contribution in [1.29, 1.82) is 0 Å². The number of nitrogens with zero attached hydrogens (tertiary/aromatic N) is 1. The molecule has 5 heteroatoms. The number of rotatable bonds is 3. The van der Waals surface area contributed by atoms with E-state index in [1.54, 1.807) is 4.90 Å². The molecular formula is C26H25N3O2. The monoisotopic (exact) mass is 411 g/mol. The number of nitrogens with two attached hydrogens (primary N) is 1. The predicted molar refractivity (Wildman–Crippen MR) is 124 cm³/mol. The molecule has 0 radical (unpaired) electrons. The van der Waals surface area contributed by atoms with Gasteiger partial charge in [0.25, 0.3) is 5.91 Å². The van der Waals surface area contributed by atoms with Crippen LogP contribution >= 0.6 is 0 Å². The van der Waals surface area contributed by atoms with E-state index < -0.39 is 5.41 Å². The maximum Gasteiger partial charge on any atom is 0.254 e. The lowest BCUT2D eigenvalue weighted by molar-refractivity contribution is -0.129. The van der Waals surface area contributed by atoms with Crippen LogP contribution in [0.2, 0.25) is 0 Å². The summed E-state index contributed by atoms with van der Waals surface area (Å²) in [5, 5.41) is 3.12. The Bertz CT molecular complexity index is 1320. The molecule has 1 fully saturated rings. The van der Waals surface area contributed by atoms with E-state index in [1.807, 2.05) is 37.4 Å². The third kappa shape index (κ3) is 3.26. The average Bonchev–Trinajstić information content (AvgIpc) is 3.25. The summed E-state index contributed by atoms with van der Waals surface area (Å²) in [7, 11) is 0. The maximum atomic E-state index is 13.5. The molecule has 0 spiro atoms. The van der Waals surface area contributed by atoms with Crippen LogP contribution in [-0.4, -0.2) is 34.8 Å². The summed E-state index contributed by atoms with van der Waals surface area (Å²) in [5.74, 6) is -0.389. The summed E-state index contributed by atoms with van der Waals surface area (Å²) in [5.41, 5.74) is 8.89. The van der Waals surface area contributed by atoms with Crippen molar-refractivity contribution in [2.24, 2.45) is 11.1 Å². The van der Waals surface area contributed by atoms with Crippen molar-refractivity contribution < 1.29 is 9.59 Å². The average molecular weight is 412 g/mol. The smallest absolute Gasteiger partial charge is 0.254 e. The quantitative estimate of drug-likeness (QED) is 0.512. The topological polar surface area (TPSA) is 79.2 Å². The molecule has 1 aliphatic heterocycles. The number of hydrogen-bond donors (Lipinski definition) is 2. The Morgan fingerprint density at radius 2 is 1.84 bits per heavy atom. The molecule has 3 aromatic carbocycles. The molecule has 0 saturated carbocycles. The molecule has 5 rings (SSSR count). The minimum atomic E-state index is -0.672. The second-order valence-corrected chi connectivity index (χ2v) is 8.74. The minimum Gasteiger partial charge on any atom is -0.369 e. The van der Waals surface area contributed by atoms with Crippen molar-refractivity contribution >= 4 is 33.5 Å². The van der Waals surface area contributed by atoms with Crippen LogP contribution in [0.5, 0.6) is 0 Å². The van der Waals surface area contributed by atoms with Crippen molar-refractivity contribution in [3.63, 3.8) is 0 Å². The van der Waals surface area contributed by atoms with Gasteiger partial charge in [-0.1, -0.05) is 42.5 Å². The molecule has 1 aromatic heterocycles. The van der Waals surface area contributed by atoms with Gasteiger partial charge in [0.15, 0.2) is 0 Å². The first-order valence-corrected chi connectivity index (χ1v) is 10.6. The second-order valence-electron chi connectivity index (χ2n) is 8.74. The summed E-state index contributed by atoms with van der Waals surface area (Å²) in [6.45, 7) is 2.86. The second kappa shape index (κ2) is 7.27. The molecule has 156 valence electrons. The highest BCUT2D eigenvalue weighted by molar-refractivity contribution is 6.11. The van der Waals surface area contributed by atoms with Gasteiger partial charge in [-0.15, -0.1) is 0 Å². The normalized spacial score (nSPS) is 19.1. The van der Waals surface area contributed by atoms with Gasteiger partial charge in [-0.2, -0.15) is 0 Å². The molecule has 1 unspecified atom stereocenters. The number of nitrogens with one attached hydrogen (secondary N) is 1. The number of aromatic nitrogens is 1. The largest absolute Gasteiger partial charge is 0.369 e. The molecule has 1 aliphatic rings. The Labute approximate surface area is 180 Å². The van der Waals surface area contributed by atoms with Crippen molar-refractivity contribution in [1.82, 2.24) is 9.88 Å². The molecule has 0 bridgehead atoms. The number of fused-ring (bicyclic) bond motifs is 2. The van der Waals surface area contributed by atoms with Crippen LogP contribution in [0.25, 0.3) is 32.8 Å². The Balaban J connectivity index is 1.57. The molecule has 1 atom stereocenters. The van der Waals surface area contributed by atoms with Gasteiger partial charge in [0.05, 0.1) is 5.41 Å². The van der Waals surface area contributed by atoms with Gasteiger partial charge in [0.1, 0.15) is 0 Å². The number of H-pyrrole nitrogens is 1. The third-order valence-corrected chi connectivity index (χ3v) is 6.60. The van der Waals surface area contributed by atoms with Crippen LogP contribution < -0.4 is 5.73 Å². The molecule has 2 heterocycles. The zero-order valence-electron chi connectivity index (χ0n) is 17.5. The van der Waals surface area contributed by atoms with Gasteiger partial charge in [-0.3, -0.25) is 9.59 Å². The summed E-state index contributed by atoms with van der Waals surface area (Å²) in [4.78, 5) is 30.5. The SMILES string of the molecule is CC1(C(N)=O)CCCN(C(=O)c2cccc3c(-c4ccc5cc[nH]c5c4)cccc23)C1. The molecular weight excluding hydrogens is 386 g/mol. The molecule has 5 nitrogen and oxygen atoms in total. The van der Waals surface area contributed by atoms with Crippen molar-refractivity contribution in [2.75, 3.05) is 13.1 Å². The molecule has 1 saturated heterocycles. The van der Waals surface area contributed by atoms with E-state index >= 15 is 0 Å². The lowest BCUT2D eigenvalue weighted by atomic mass is 9.81. The Morgan fingerprint density at radius 3 is 2.68 bits per heavy atom. The van der Waals surface area contributed by atoms with E-state index in [0.717, 1.165) is 33.8 Å². The zero-order chi connectivity index (χ0) is 21.6. The van der Waals surface area contributed by atoms with Gasteiger partial charge < -0.3 is 15.6 Å². The molecule has 0 aliphatic carbocycles. The Morgan fingerprint density at radius 1 is 1.03 bits per heavy atom. The van der Waals surface area contributed by atoms with Crippen LogP contribution in [-0.2, 0) is 4.79 Å². The predicted octanol–water partition coefficient (Wildman–Crippen LogP) is 4.72. The summed E-state index contributed by atoms with van der Waals surface area (Å²) < 4.78 is 0. The minimum absolute atomic E-state index is 0.0465. The van der Waals surface area contributed by atoms with E-state index in [4.69, 9.17) is 5.73 Å². The highest BCUT2D eigenvalue weighted by Gasteiger charge is 2.38. The highest BCUT2D eigenvalue weighted by atomic mass is 16.2. The Kier molecular flexibility index (Phi) is 4.54. The van der Waals surface area contributed by atoms with Gasteiger partial charge in [0.2, 0.25) is 5.91 Å². The van der Waals surface area contributed by atoms with E-state index in [2.05, 4.69) is 41.4 Å². The van der Waals surface area contributed by atoms with Gasteiger partial charge in [-0.05, 0) is 65.3 Å².